The maximum absolute atomic E-state index is 13.3. The van der Waals surface area contributed by atoms with Crippen molar-refractivity contribution >= 4 is 32.4 Å². The summed E-state index contributed by atoms with van der Waals surface area (Å²) in [6.45, 7) is 2.94. The second-order valence-corrected chi connectivity index (χ2v) is 9.18. The third-order valence-corrected chi connectivity index (χ3v) is 7.69. The first-order chi connectivity index (χ1) is 12.3. The van der Waals surface area contributed by atoms with E-state index in [1.165, 1.54) is 0 Å². The highest BCUT2D eigenvalue weighted by Gasteiger charge is 2.34. The minimum atomic E-state index is -3.62. The van der Waals surface area contributed by atoms with Gasteiger partial charge in [0.15, 0.2) is 0 Å². The van der Waals surface area contributed by atoms with E-state index in [2.05, 4.69) is 0 Å². The zero-order valence-electron chi connectivity index (χ0n) is 15.0. The van der Waals surface area contributed by atoms with Crippen LogP contribution in [-0.4, -0.2) is 44.8 Å². The topological polar surface area (TPSA) is 83.7 Å². The highest BCUT2D eigenvalue weighted by Crippen LogP contribution is 2.40. The number of rotatable bonds is 3. The third kappa shape index (κ3) is 2.46. The van der Waals surface area contributed by atoms with Crippen molar-refractivity contribution in [2.24, 2.45) is 11.7 Å². The zero-order chi connectivity index (χ0) is 18.6. The normalized spacial score (nSPS) is 20.1. The summed E-state index contributed by atoms with van der Waals surface area (Å²) in [4.78, 5) is 14.2. The van der Waals surface area contributed by atoms with Crippen molar-refractivity contribution in [1.29, 1.82) is 0 Å². The number of nitrogens with zero attached hydrogens (tertiary/aromatic N) is 2. The molecule has 7 heteroatoms. The van der Waals surface area contributed by atoms with Gasteiger partial charge in [0, 0.05) is 42.5 Å². The fourth-order valence-electron chi connectivity index (χ4n) is 4.12. The van der Waals surface area contributed by atoms with Crippen LogP contribution in [0.2, 0.25) is 0 Å². The van der Waals surface area contributed by atoms with Gasteiger partial charge in [0.2, 0.25) is 10.0 Å². The molecular formula is C19H23N3O3S. The molecule has 2 aliphatic rings. The molecule has 1 unspecified atom stereocenters. The van der Waals surface area contributed by atoms with Crippen LogP contribution in [0.3, 0.4) is 0 Å². The molecule has 2 aromatic rings. The van der Waals surface area contributed by atoms with Crippen LogP contribution in [0.1, 0.15) is 30.1 Å². The Morgan fingerprint density at radius 1 is 1.15 bits per heavy atom. The lowest BCUT2D eigenvalue weighted by atomic mass is 9.92. The Hall–Kier alpha value is -1.96. The Morgan fingerprint density at radius 2 is 1.85 bits per heavy atom. The molecule has 0 radical (unpaired) electrons. The van der Waals surface area contributed by atoms with Crippen LogP contribution in [0.4, 0.5) is 5.69 Å². The van der Waals surface area contributed by atoms with Crippen molar-refractivity contribution in [2.75, 3.05) is 25.0 Å². The summed E-state index contributed by atoms with van der Waals surface area (Å²) >= 11 is 0. The zero-order valence-corrected chi connectivity index (χ0v) is 15.8. The molecule has 2 heterocycles. The maximum atomic E-state index is 13.3. The molecule has 2 N–H and O–H groups in total. The van der Waals surface area contributed by atoms with Gasteiger partial charge < -0.3 is 10.6 Å². The number of carbonyl (C=O) groups is 1. The number of nitrogens with two attached hydrogens (primary N) is 1. The molecule has 1 saturated heterocycles. The van der Waals surface area contributed by atoms with Crippen LogP contribution in [0, 0.1) is 5.92 Å². The molecule has 0 bridgehead atoms. The van der Waals surface area contributed by atoms with Gasteiger partial charge in [0.25, 0.3) is 5.91 Å². The van der Waals surface area contributed by atoms with Gasteiger partial charge in [-0.3, -0.25) is 4.79 Å². The maximum Gasteiger partial charge on any atom is 0.258 e. The Labute approximate surface area is 153 Å². The van der Waals surface area contributed by atoms with E-state index in [9.17, 15) is 13.2 Å². The van der Waals surface area contributed by atoms with Crippen LogP contribution >= 0.6 is 0 Å². The summed E-state index contributed by atoms with van der Waals surface area (Å²) in [5.74, 6) is 0.262. The largest absolute Gasteiger partial charge is 0.328 e. The lowest BCUT2D eigenvalue weighted by molar-refractivity contribution is 0.0999. The fourth-order valence-corrected chi connectivity index (χ4v) is 5.77. The number of anilines is 1. The lowest BCUT2D eigenvalue weighted by Crippen LogP contribution is -2.42. The summed E-state index contributed by atoms with van der Waals surface area (Å²) in [5.41, 5.74) is 7.29. The van der Waals surface area contributed by atoms with E-state index < -0.39 is 10.0 Å². The molecule has 0 saturated carbocycles. The predicted octanol–water partition coefficient (Wildman–Crippen LogP) is 2.18. The quantitative estimate of drug-likeness (QED) is 0.894. The molecule has 26 heavy (non-hydrogen) atoms. The molecule has 1 fully saturated rings. The summed E-state index contributed by atoms with van der Waals surface area (Å²) in [5, 5.41) is 1.35. The van der Waals surface area contributed by atoms with Crippen LogP contribution < -0.4 is 10.6 Å². The minimum Gasteiger partial charge on any atom is -0.328 e. The Balaban J connectivity index is 1.78. The summed E-state index contributed by atoms with van der Waals surface area (Å²) < 4.78 is 28.1. The van der Waals surface area contributed by atoms with Crippen LogP contribution in [0.25, 0.3) is 10.8 Å². The number of amides is 1. The minimum absolute atomic E-state index is 0.0817. The van der Waals surface area contributed by atoms with Gasteiger partial charge in [-0.15, -0.1) is 0 Å². The van der Waals surface area contributed by atoms with Crippen molar-refractivity contribution in [2.45, 2.75) is 30.7 Å². The smallest absolute Gasteiger partial charge is 0.258 e. The summed E-state index contributed by atoms with van der Waals surface area (Å²) in [6.07, 6.45) is 1.55. The molecule has 0 aromatic heterocycles. The van der Waals surface area contributed by atoms with Crippen molar-refractivity contribution in [3.05, 3.63) is 35.9 Å². The van der Waals surface area contributed by atoms with Gasteiger partial charge in [0.05, 0.1) is 10.6 Å². The Bertz CT molecular complexity index is 993. The molecule has 1 amide bonds. The van der Waals surface area contributed by atoms with Crippen molar-refractivity contribution < 1.29 is 13.2 Å². The summed E-state index contributed by atoms with van der Waals surface area (Å²) in [7, 11) is -1.90. The van der Waals surface area contributed by atoms with E-state index in [1.54, 1.807) is 46.6 Å². The van der Waals surface area contributed by atoms with Gasteiger partial charge in [-0.05, 0) is 43.9 Å². The number of benzene rings is 2. The van der Waals surface area contributed by atoms with Gasteiger partial charge >= 0.3 is 0 Å². The molecule has 138 valence electrons. The van der Waals surface area contributed by atoms with Gasteiger partial charge in [-0.25, -0.2) is 8.42 Å². The van der Waals surface area contributed by atoms with Crippen LogP contribution in [-0.2, 0) is 10.0 Å². The average Bonchev–Trinajstić information content (AvgIpc) is 2.89. The molecule has 2 aliphatic heterocycles. The second-order valence-electron chi connectivity index (χ2n) is 7.28. The molecule has 0 aliphatic carbocycles. The number of sulfonamides is 1. The van der Waals surface area contributed by atoms with Crippen molar-refractivity contribution in [3.8, 4) is 0 Å². The number of hydrogen-bond acceptors (Lipinski definition) is 4. The molecular weight excluding hydrogens is 350 g/mol. The molecule has 2 aromatic carbocycles. The Morgan fingerprint density at radius 3 is 2.50 bits per heavy atom. The van der Waals surface area contributed by atoms with E-state index in [0.717, 1.165) is 23.9 Å². The predicted molar refractivity (Wildman–Crippen MR) is 102 cm³/mol. The SMILES string of the molecule is CC(N)C1CCN(S(=O)(=O)c2ccc3c4c(cccc24)C(=O)N3C)CC1. The van der Waals surface area contributed by atoms with Gasteiger partial charge in [-0.2, -0.15) is 4.31 Å². The first-order valence-electron chi connectivity index (χ1n) is 8.92. The first-order valence-corrected chi connectivity index (χ1v) is 10.4. The standard InChI is InChI=1S/C19H23N3O3S/c1-12(20)13-8-10-22(11-9-13)26(24,25)17-7-6-16-18-14(17)4-3-5-15(18)19(23)21(16)2/h3-7,12-13H,8-11,20H2,1-2H3. The highest BCUT2D eigenvalue weighted by molar-refractivity contribution is 7.89. The highest BCUT2D eigenvalue weighted by atomic mass is 32.2. The molecule has 6 nitrogen and oxygen atoms in total. The van der Waals surface area contributed by atoms with Crippen LogP contribution in [0.15, 0.2) is 35.2 Å². The monoisotopic (exact) mass is 373 g/mol. The van der Waals surface area contributed by atoms with E-state index >= 15 is 0 Å². The molecule has 0 spiro atoms. The van der Waals surface area contributed by atoms with Gasteiger partial charge in [-0.1, -0.05) is 12.1 Å². The van der Waals surface area contributed by atoms with E-state index in [1.807, 2.05) is 6.92 Å². The lowest BCUT2D eigenvalue weighted by Gasteiger charge is -2.33. The third-order valence-electron chi connectivity index (χ3n) is 5.74. The van der Waals surface area contributed by atoms with E-state index in [0.29, 0.717) is 30.0 Å². The average molecular weight is 373 g/mol. The van der Waals surface area contributed by atoms with E-state index in [-0.39, 0.29) is 16.8 Å². The number of carbonyl (C=O) groups excluding carboxylic acids is 1. The molecule has 1 atom stereocenters. The van der Waals surface area contributed by atoms with Gasteiger partial charge in [0.1, 0.15) is 0 Å². The second kappa shape index (κ2) is 6.04. The molecule has 4 rings (SSSR count). The first kappa shape index (κ1) is 17.5. The van der Waals surface area contributed by atoms with Crippen molar-refractivity contribution in [1.82, 2.24) is 4.31 Å². The van der Waals surface area contributed by atoms with Crippen LogP contribution in [0.5, 0.6) is 0 Å². The fraction of sp³-hybridized carbons (Fsp3) is 0.421. The van der Waals surface area contributed by atoms with E-state index in [4.69, 9.17) is 5.73 Å². The summed E-state index contributed by atoms with van der Waals surface area (Å²) in [6, 6.07) is 8.73. The number of hydrogen-bond donors (Lipinski definition) is 1. The Kier molecular flexibility index (Phi) is 4.06. The van der Waals surface area contributed by atoms with Crippen molar-refractivity contribution in [3.63, 3.8) is 0 Å². The number of piperidine rings is 1.